The van der Waals surface area contributed by atoms with Crippen molar-refractivity contribution in [2.75, 3.05) is 19.6 Å². The Morgan fingerprint density at radius 2 is 1.57 bits per heavy atom. The van der Waals surface area contributed by atoms with E-state index >= 15 is 0 Å². The summed E-state index contributed by atoms with van der Waals surface area (Å²) in [6.45, 7) is 18.4. The number of hydrogen-bond acceptors (Lipinski definition) is 5. The molecule has 8 heteroatoms. The van der Waals surface area contributed by atoms with Gasteiger partial charge in [0.25, 0.3) is 0 Å². The molecule has 8 fully saturated rings. The fraction of sp³-hybridized carbons (Fsp3) is 0.889. The number of allylic oxidation sites excluding steroid dienone is 2. The van der Waals surface area contributed by atoms with E-state index in [9.17, 15) is 29.8 Å². The molecule has 8 nitrogen and oxygen atoms in total. The Bertz CT molecular complexity index is 1570. The Balaban J connectivity index is 0.000000176. The molecule has 14 atom stereocenters. The average Bonchev–Trinajstić information content (AvgIpc) is 3.09. The van der Waals surface area contributed by atoms with Crippen molar-refractivity contribution in [3.8, 4) is 0 Å². The van der Waals surface area contributed by atoms with Crippen LogP contribution in [0.15, 0.2) is 11.6 Å². The van der Waals surface area contributed by atoms with Gasteiger partial charge in [0.05, 0.1) is 30.7 Å². The van der Waals surface area contributed by atoms with Gasteiger partial charge in [-0.3, -0.25) is 14.4 Å². The molecule has 4 aliphatic heterocycles. The summed E-state index contributed by atoms with van der Waals surface area (Å²) in [5, 5.41) is 34.0. The van der Waals surface area contributed by atoms with Crippen LogP contribution in [0.4, 0.5) is 0 Å². The number of carboxylic acids is 1. The van der Waals surface area contributed by atoms with Gasteiger partial charge in [0, 0.05) is 36.8 Å². The molecule has 2 N–H and O–H groups in total. The molecule has 0 radical (unpaired) electrons. The summed E-state index contributed by atoms with van der Waals surface area (Å²) >= 11 is 0. The normalized spacial score (nSPS) is 52.5. The van der Waals surface area contributed by atoms with Gasteiger partial charge in [-0.2, -0.15) is 0 Å². The first-order valence-corrected chi connectivity index (χ1v) is 21.8. The number of amides is 1. The molecule has 1 amide bonds. The second-order valence-corrected chi connectivity index (χ2v) is 22.0. The number of fused-ring (bicyclic) bond motifs is 9. The second-order valence-electron chi connectivity index (χ2n) is 22.0. The Hall–Kier alpha value is -1.77. The van der Waals surface area contributed by atoms with Crippen LogP contribution in [0, 0.1) is 67.3 Å². The molecule has 9 aliphatic rings. The number of hydroxylamine groups is 3. The van der Waals surface area contributed by atoms with Crippen molar-refractivity contribution in [1.29, 1.82) is 0 Å². The van der Waals surface area contributed by atoms with E-state index in [1.165, 1.54) is 18.4 Å². The highest BCUT2D eigenvalue weighted by Gasteiger charge is 2.70. The molecule has 9 rings (SSSR count). The maximum absolute atomic E-state index is 14.2. The summed E-state index contributed by atoms with van der Waals surface area (Å²) in [6, 6.07) is 0.710. The number of quaternary nitrogens is 1. The molecular weight excluding hydrogens is 665 g/mol. The number of carboxylic acid groups (broad SMARTS) is 1. The standard InChI is InChI=1S/C30H46O4.C15H24N2O2/c1-25(2)21-8-11-30(7)23(28(21,5)10-9-22(25)32)20(31)16-18-19-17-27(4,24(33)34)13-12-26(19,3)14-15-29(18,30)6;18-14-7-1-6-13-12-5-3-9-17(19)8-2-4-11(15(12)17)10-16(13)14/h16,19,21-23,32H,8-15,17H2,1-7H3,(H,33,34);11-13,15H,1-10H2/t19-,21-,22-,23+,26+,27-,28-,29+,30+;11-,12+,13+,15-,17?/m00/s1. The number of rotatable bonds is 1. The van der Waals surface area contributed by atoms with Gasteiger partial charge in [0.15, 0.2) is 5.78 Å². The number of aliphatic carboxylic acids is 1. The molecule has 0 aromatic heterocycles. The third-order valence-corrected chi connectivity index (χ3v) is 19.3. The molecule has 5 aliphatic carbocycles. The van der Waals surface area contributed by atoms with Crippen molar-refractivity contribution in [3.05, 3.63) is 16.9 Å². The molecule has 53 heavy (non-hydrogen) atoms. The van der Waals surface area contributed by atoms with Crippen LogP contribution in [-0.4, -0.2) is 75.2 Å². The summed E-state index contributed by atoms with van der Waals surface area (Å²) in [7, 11) is 0. The molecule has 0 aromatic carbocycles. The molecule has 4 saturated carbocycles. The SMILES string of the molecule is CC1(C)[C@@H](O)CC[C@]2(C)[C@H]3C(=O)C=C4[C@@H]5C[C@@](C)(C(=O)O)CC[C@]5(C)CC[C@@]4(C)[C@]3(C)CC[C@@H]12.O=C1CCC[C@@H]2[C@H]3CCC[N+]4([O-])CCC[C@@H](CN12)[C@@H]34. The van der Waals surface area contributed by atoms with E-state index < -0.39 is 11.4 Å². The van der Waals surface area contributed by atoms with E-state index in [-0.39, 0.29) is 55.4 Å². The van der Waals surface area contributed by atoms with Crippen LogP contribution < -0.4 is 0 Å². The van der Waals surface area contributed by atoms with Crippen molar-refractivity contribution < 1.29 is 29.2 Å². The number of carbonyl (C=O) groups excluding carboxylic acids is 2. The largest absolute Gasteiger partial charge is 0.633 e. The third kappa shape index (κ3) is 5.32. The maximum Gasteiger partial charge on any atom is 0.309 e. The van der Waals surface area contributed by atoms with Gasteiger partial charge in [-0.15, -0.1) is 0 Å². The minimum absolute atomic E-state index is 0.0296. The fourth-order valence-electron chi connectivity index (χ4n) is 15.9. The van der Waals surface area contributed by atoms with Crippen molar-refractivity contribution in [3.63, 3.8) is 0 Å². The number of carbonyl (C=O) groups is 3. The van der Waals surface area contributed by atoms with Gasteiger partial charge in [-0.05, 0) is 148 Å². The Labute approximate surface area is 319 Å². The monoisotopic (exact) mass is 735 g/mol. The summed E-state index contributed by atoms with van der Waals surface area (Å²) < 4.78 is 0.0772. The van der Waals surface area contributed by atoms with Gasteiger partial charge < -0.3 is 25.0 Å². The van der Waals surface area contributed by atoms with Crippen LogP contribution in [-0.2, 0) is 14.4 Å². The highest BCUT2D eigenvalue weighted by atomic mass is 16.5. The summed E-state index contributed by atoms with van der Waals surface area (Å²) in [6.07, 6.45) is 17.3. The zero-order valence-electron chi connectivity index (χ0n) is 34.1. The van der Waals surface area contributed by atoms with Crippen LogP contribution in [0.1, 0.15) is 151 Å². The zero-order valence-corrected chi connectivity index (χ0v) is 34.1. The predicted molar refractivity (Wildman–Crippen MR) is 205 cm³/mol. The minimum atomic E-state index is -0.711. The van der Waals surface area contributed by atoms with Gasteiger partial charge >= 0.3 is 5.97 Å². The van der Waals surface area contributed by atoms with Crippen molar-refractivity contribution in [2.45, 2.75) is 169 Å². The molecular formula is C45H70N2O6. The van der Waals surface area contributed by atoms with Gasteiger partial charge in [-0.25, -0.2) is 0 Å². The summed E-state index contributed by atoms with van der Waals surface area (Å²) in [5.41, 5.74) is 0.142. The third-order valence-electron chi connectivity index (χ3n) is 19.3. The zero-order chi connectivity index (χ0) is 38.1. The van der Waals surface area contributed by atoms with Gasteiger partial charge in [-0.1, -0.05) is 47.1 Å². The van der Waals surface area contributed by atoms with E-state index in [1.807, 2.05) is 13.0 Å². The lowest BCUT2D eigenvalue weighted by molar-refractivity contribution is -0.925. The van der Waals surface area contributed by atoms with E-state index in [2.05, 4.69) is 46.4 Å². The van der Waals surface area contributed by atoms with Gasteiger partial charge in [0.1, 0.15) is 0 Å². The molecule has 4 heterocycles. The number of aliphatic hydroxyl groups excluding tert-OH is 1. The van der Waals surface area contributed by atoms with E-state index in [0.29, 0.717) is 42.2 Å². The quantitative estimate of drug-likeness (QED) is 0.207. The highest BCUT2D eigenvalue weighted by Crippen LogP contribution is 2.75. The first-order valence-electron chi connectivity index (χ1n) is 21.8. The summed E-state index contributed by atoms with van der Waals surface area (Å²) in [5.74, 6) is 1.39. The Morgan fingerprint density at radius 1 is 0.868 bits per heavy atom. The van der Waals surface area contributed by atoms with Crippen molar-refractivity contribution >= 4 is 17.7 Å². The minimum Gasteiger partial charge on any atom is -0.633 e. The smallest absolute Gasteiger partial charge is 0.309 e. The number of aliphatic hydroxyl groups is 1. The number of hydrogen-bond donors (Lipinski definition) is 2. The lowest BCUT2D eigenvalue weighted by Gasteiger charge is -2.70. The van der Waals surface area contributed by atoms with Crippen molar-refractivity contribution in [1.82, 2.24) is 4.90 Å². The van der Waals surface area contributed by atoms with Crippen LogP contribution in [0.5, 0.6) is 0 Å². The Kier molecular flexibility index (Phi) is 8.89. The molecule has 296 valence electrons. The fourth-order valence-corrected chi connectivity index (χ4v) is 15.9. The Morgan fingerprint density at radius 3 is 2.28 bits per heavy atom. The first kappa shape index (κ1) is 38.1. The van der Waals surface area contributed by atoms with Crippen LogP contribution >= 0.6 is 0 Å². The van der Waals surface area contributed by atoms with E-state index in [1.54, 1.807) is 0 Å². The molecule has 4 saturated heterocycles. The number of ketones is 1. The van der Waals surface area contributed by atoms with Crippen LogP contribution in [0.25, 0.3) is 0 Å². The number of piperidine rings is 4. The molecule has 0 spiro atoms. The number of nitrogens with zero attached hydrogens (tertiary/aromatic N) is 2. The lowest BCUT2D eigenvalue weighted by Crippen LogP contribution is -2.71. The van der Waals surface area contributed by atoms with E-state index in [4.69, 9.17) is 0 Å². The highest BCUT2D eigenvalue weighted by molar-refractivity contribution is 5.95. The average molecular weight is 735 g/mol. The van der Waals surface area contributed by atoms with Crippen LogP contribution in [0.3, 0.4) is 0 Å². The summed E-state index contributed by atoms with van der Waals surface area (Å²) in [4.78, 5) is 40.8. The molecule has 0 aromatic rings. The predicted octanol–water partition coefficient (Wildman–Crippen LogP) is 8.30. The molecule has 0 bridgehead atoms. The van der Waals surface area contributed by atoms with Crippen molar-refractivity contribution in [2.24, 2.45) is 62.1 Å². The lowest BCUT2D eigenvalue weighted by atomic mass is 9.33. The maximum atomic E-state index is 14.2. The molecule has 1 unspecified atom stereocenters. The second kappa shape index (κ2) is 12.4. The van der Waals surface area contributed by atoms with Gasteiger partial charge in [0.2, 0.25) is 5.91 Å². The topological polar surface area (TPSA) is 118 Å². The van der Waals surface area contributed by atoms with Crippen LogP contribution in [0.2, 0.25) is 0 Å². The first-order chi connectivity index (χ1) is 24.7. The van der Waals surface area contributed by atoms with E-state index in [0.717, 1.165) is 103 Å².